The van der Waals surface area contributed by atoms with Gasteiger partial charge in [-0.3, -0.25) is 0 Å². The van der Waals surface area contributed by atoms with E-state index < -0.39 is 7.14 Å². The maximum atomic E-state index is 13.6. The van der Waals surface area contributed by atoms with Crippen LogP contribution in [-0.4, -0.2) is 18.5 Å². The molecule has 0 aliphatic rings. The van der Waals surface area contributed by atoms with Crippen LogP contribution in [0.4, 0.5) is 0 Å². The van der Waals surface area contributed by atoms with Crippen molar-refractivity contribution in [3.63, 3.8) is 0 Å². The molecule has 0 aromatic rings. The van der Waals surface area contributed by atoms with Crippen molar-refractivity contribution in [1.82, 2.24) is 0 Å². The lowest BCUT2D eigenvalue weighted by molar-refractivity contribution is 0.552. The minimum atomic E-state index is -1.90. The molecule has 0 bridgehead atoms. The second kappa shape index (κ2) is 22.9. The number of unbranched alkanes of at least 4 members (excludes halogenated alkanes) is 18. The summed E-state index contributed by atoms with van der Waals surface area (Å²) in [5, 5.41) is 0. The average molecular weight is 429 g/mol. The standard InChI is InChI=1S/C27H57OP/c1-4-7-10-13-16-19-22-25-29(28,26-23-20-17-14-11-8-5-2)27-24-21-18-15-12-9-6-3/h4-27H2,1-3H3. The van der Waals surface area contributed by atoms with E-state index in [1.165, 1.54) is 135 Å². The van der Waals surface area contributed by atoms with E-state index in [9.17, 15) is 4.57 Å². The van der Waals surface area contributed by atoms with E-state index in [2.05, 4.69) is 20.8 Å². The Morgan fingerprint density at radius 1 is 0.345 bits per heavy atom. The van der Waals surface area contributed by atoms with Crippen LogP contribution in [0.15, 0.2) is 0 Å². The van der Waals surface area contributed by atoms with Gasteiger partial charge in [0.05, 0.1) is 7.14 Å². The zero-order valence-corrected chi connectivity index (χ0v) is 21.7. The van der Waals surface area contributed by atoms with Crippen molar-refractivity contribution in [1.29, 1.82) is 0 Å². The smallest absolute Gasteiger partial charge is 0.0877 e. The Labute approximate surface area is 186 Å². The molecule has 0 unspecified atom stereocenters. The first-order valence-electron chi connectivity index (χ1n) is 13.8. The molecule has 0 radical (unpaired) electrons. The lowest BCUT2D eigenvalue weighted by Crippen LogP contribution is -2.02. The van der Waals surface area contributed by atoms with Gasteiger partial charge in [-0.1, -0.05) is 136 Å². The van der Waals surface area contributed by atoms with E-state index in [1.807, 2.05) is 0 Å². The van der Waals surface area contributed by atoms with Gasteiger partial charge in [0, 0.05) is 18.5 Å². The third kappa shape index (κ3) is 21.3. The Morgan fingerprint density at radius 3 is 0.793 bits per heavy atom. The van der Waals surface area contributed by atoms with Gasteiger partial charge in [0.2, 0.25) is 0 Å². The predicted octanol–water partition coefficient (Wildman–Crippen LogP) is 10.6. The normalized spacial score (nSPS) is 12.0. The lowest BCUT2D eigenvalue weighted by atomic mass is 10.1. The zero-order valence-electron chi connectivity index (χ0n) is 20.8. The zero-order chi connectivity index (χ0) is 21.5. The summed E-state index contributed by atoms with van der Waals surface area (Å²) in [7, 11) is -1.90. The van der Waals surface area contributed by atoms with Gasteiger partial charge >= 0.3 is 0 Å². The largest absolute Gasteiger partial charge is 0.324 e. The maximum Gasteiger partial charge on any atom is 0.0877 e. The lowest BCUT2D eigenvalue weighted by Gasteiger charge is -2.18. The second-order valence-electron chi connectivity index (χ2n) is 9.59. The van der Waals surface area contributed by atoms with Crippen LogP contribution in [0.1, 0.15) is 156 Å². The molecule has 0 N–H and O–H groups in total. The van der Waals surface area contributed by atoms with Gasteiger partial charge in [0.25, 0.3) is 0 Å². The molecule has 29 heavy (non-hydrogen) atoms. The van der Waals surface area contributed by atoms with Gasteiger partial charge in [0.15, 0.2) is 0 Å². The molecule has 0 spiro atoms. The molecule has 0 fully saturated rings. The molecule has 0 amide bonds. The summed E-state index contributed by atoms with van der Waals surface area (Å²) < 4.78 is 13.6. The van der Waals surface area contributed by atoms with E-state index in [0.29, 0.717) is 0 Å². The Balaban J connectivity index is 4.05. The molecule has 0 aromatic heterocycles. The van der Waals surface area contributed by atoms with Gasteiger partial charge in [-0.05, 0) is 19.3 Å². The molecule has 0 aromatic carbocycles. The fraction of sp³-hybridized carbons (Fsp3) is 1.00. The van der Waals surface area contributed by atoms with Crippen molar-refractivity contribution < 1.29 is 4.57 Å². The molecule has 0 saturated heterocycles. The highest BCUT2D eigenvalue weighted by atomic mass is 31.2. The van der Waals surface area contributed by atoms with Crippen LogP contribution in [0.25, 0.3) is 0 Å². The fourth-order valence-corrected chi connectivity index (χ4v) is 7.48. The van der Waals surface area contributed by atoms with Crippen LogP contribution >= 0.6 is 7.14 Å². The van der Waals surface area contributed by atoms with Crippen molar-refractivity contribution in [2.75, 3.05) is 18.5 Å². The van der Waals surface area contributed by atoms with E-state index in [0.717, 1.165) is 18.5 Å². The Hall–Kier alpha value is 0.230. The third-order valence-corrected chi connectivity index (χ3v) is 9.90. The molecule has 0 saturated carbocycles. The predicted molar refractivity (Wildman–Crippen MR) is 136 cm³/mol. The second-order valence-corrected chi connectivity index (χ2v) is 13.1. The first-order valence-corrected chi connectivity index (χ1v) is 16.0. The average Bonchev–Trinajstić information content (AvgIpc) is 2.72. The van der Waals surface area contributed by atoms with Gasteiger partial charge in [-0.25, -0.2) is 0 Å². The van der Waals surface area contributed by atoms with Gasteiger partial charge < -0.3 is 4.57 Å². The van der Waals surface area contributed by atoms with Crippen molar-refractivity contribution >= 4 is 7.14 Å². The highest BCUT2D eigenvalue weighted by Crippen LogP contribution is 2.48. The van der Waals surface area contributed by atoms with Gasteiger partial charge in [-0.15, -0.1) is 0 Å². The van der Waals surface area contributed by atoms with E-state index >= 15 is 0 Å². The molecular weight excluding hydrogens is 371 g/mol. The van der Waals surface area contributed by atoms with Crippen LogP contribution in [-0.2, 0) is 4.57 Å². The molecular formula is C27H57OP. The fourth-order valence-electron chi connectivity index (χ4n) is 4.41. The highest BCUT2D eigenvalue weighted by Gasteiger charge is 2.20. The summed E-state index contributed by atoms with van der Waals surface area (Å²) in [5.74, 6) is 0. The third-order valence-electron chi connectivity index (χ3n) is 6.51. The highest BCUT2D eigenvalue weighted by molar-refractivity contribution is 7.63. The quantitative estimate of drug-likeness (QED) is 0.110. The molecule has 0 aliphatic carbocycles. The minimum absolute atomic E-state index is 1.05. The van der Waals surface area contributed by atoms with Crippen molar-refractivity contribution in [3.8, 4) is 0 Å². The minimum Gasteiger partial charge on any atom is -0.324 e. The van der Waals surface area contributed by atoms with Crippen LogP contribution < -0.4 is 0 Å². The molecule has 176 valence electrons. The number of hydrogen-bond donors (Lipinski definition) is 0. The number of rotatable bonds is 24. The summed E-state index contributed by atoms with van der Waals surface area (Å²) >= 11 is 0. The first kappa shape index (κ1) is 29.2. The van der Waals surface area contributed by atoms with Crippen molar-refractivity contribution in [3.05, 3.63) is 0 Å². The molecule has 0 rings (SSSR count). The maximum absolute atomic E-state index is 13.6. The molecule has 2 heteroatoms. The Morgan fingerprint density at radius 2 is 0.552 bits per heavy atom. The summed E-state index contributed by atoms with van der Waals surface area (Å²) in [6.45, 7) is 6.84. The summed E-state index contributed by atoms with van der Waals surface area (Å²) in [5.41, 5.74) is 0. The molecule has 0 aliphatic heterocycles. The van der Waals surface area contributed by atoms with Gasteiger partial charge in [-0.2, -0.15) is 0 Å². The van der Waals surface area contributed by atoms with Crippen LogP contribution in [0, 0.1) is 0 Å². The number of hydrogen-bond acceptors (Lipinski definition) is 1. The summed E-state index contributed by atoms with van der Waals surface area (Å²) in [6.07, 6.45) is 31.2. The van der Waals surface area contributed by atoms with E-state index in [1.54, 1.807) is 0 Å². The monoisotopic (exact) mass is 428 g/mol. The van der Waals surface area contributed by atoms with Crippen LogP contribution in [0.5, 0.6) is 0 Å². The Bertz CT molecular complexity index is 300. The summed E-state index contributed by atoms with van der Waals surface area (Å²) in [6, 6.07) is 0. The topological polar surface area (TPSA) is 17.1 Å². The SMILES string of the molecule is CCCCCCCCCP(=O)(CCCCCCCCC)CCCCCCCCC. The first-order chi connectivity index (χ1) is 14.2. The van der Waals surface area contributed by atoms with Crippen molar-refractivity contribution in [2.45, 2.75) is 156 Å². The summed E-state index contributed by atoms with van der Waals surface area (Å²) in [4.78, 5) is 0. The van der Waals surface area contributed by atoms with Crippen molar-refractivity contribution in [2.24, 2.45) is 0 Å². The van der Waals surface area contributed by atoms with E-state index in [-0.39, 0.29) is 0 Å². The van der Waals surface area contributed by atoms with E-state index in [4.69, 9.17) is 0 Å². The Kier molecular flexibility index (Phi) is 23.1. The van der Waals surface area contributed by atoms with Crippen LogP contribution in [0.2, 0.25) is 0 Å². The van der Waals surface area contributed by atoms with Gasteiger partial charge in [0.1, 0.15) is 0 Å². The van der Waals surface area contributed by atoms with Crippen LogP contribution in [0.3, 0.4) is 0 Å². The molecule has 0 heterocycles. The molecule has 1 nitrogen and oxygen atoms in total. The molecule has 0 atom stereocenters.